The van der Waals surface area contributed by atoms with Crippen LogP contribution >= 0.6 is 23.2 Å². The van der Waals surface area contributed by atoms with Crippen molar-refractivity contribution in [1.82, 2.24) is 5.32 Å². The second-order valence-electron chi connectivity index (χ2n) is 12.8. The SMILES string of the molecule is C#CC.CC=N/C(=C\CC(=O)Nc1cc(Cl)cc(NC=O)c1C)C(=O)Nc1cc(Cl)ccc1C.CCCCCN.CCCN=C(N)N.CCCN=C(N)N.CNC(=O)CCCCN. The summed E-state index contributed by atoms with van der Waals surface area (Å²) >= 11 is 12.0. The fourth-order valence-electron chi connectivity index (χ4n) is 4.10. The zero-order valence-electron chi connectivity index (χ0n) is 38.6. The monoisotopic (exact) mass is 920 g/mol. The molecular formula is C44H75Cl2N13O4. The van der Waals surface area contributed by atoms with E-state index < -0.39 is 5.91 Å². The first kappa shape index (κ1) is 64.0. The van der Waals surface area contributed by atoms with Crippen LogP contribution in [0.4, 0.5) is 17.1 Å². The van der Waals surface area contributed by atoms with Gasteiger partial charge in [0.05, 0.1) is 0 Å². The minimum absolute atomic E-state index is 0.0863. The van der Waals surface area contributed by atoms with E-state index in [0.717, 1.165) is 50.9 Å². The van der Waals surface area contributed by atoms with E-state index in [2.05, 4.69) is 55.5 Å². The van der Waals surface area contributed by atoms with Crippen molar-refractivity contribution in [2.75, 3.05) is 49.2 Å². The summed E-state index contributed by atoms with van der Waals surface area (Å²) in [6.07, 6.45) is 16.1. The highest BCUT2D eigenvalue weighted by atomic mass is 35.5. The van der Waals surface area contributed by atoms with Crippen LogP contribution in [0.5, 0.6) is 0 Å². The van der Waals surface area contributed by atoms with Crippen molar-refractivity contribution in [1.29, 1.82) is 0 Å². The van der Waals surface area contributed by atoms with E-state index >= 15 is 0 Å². The Morgan fingerprint density at radius 1 is 0.778 bits per heavy atom. The van der Waals surface area contributed by atoms with Crippen LogP contribution in [0.25, 0.3) is 0 Å². The number of halogens is 2. The Morgan fingerprint density at radius 2 is 1.30 bits per heavy atom. The molecule has 0 aliphatic rings. The predicted octanol–water partition coefficient (Wildman–Crippen LogP) is 6.10. The lowest BCUT2D eigenvalue weighted by Crippen LogP contribution is -2.22. The normalized spacial score (nSPS) is 9.67. The minimum Gasteiger partial charge on any atom is -0.370 e. The maximum absolute atomic E-state index is 12.6. The number of aryl methyl sites for hydroxylation is 1. The summed E-state index contributed by atoms with van der Waals surface area (Å²) in [5.41, 5.74) is 33.5. The van der Waals surface area contributed by atoms with Gasteiger partial charge in [0.1, 0.15) is 5.70 Å². The molecule has 63 heavy (non-hydrogen) atoms. The standard InChI is InChI=1S/C22H22Cl2N4O3.C6H14N2O.C5H13N.2C4H11N3.C3H4/c1-4-25-17(22(31)28-18-9-15(23)6-5-13(18)2)7-8-21(30)27-20-11-16(24)10-19(14(20)3)26-12-29;1-8-6(9)4-2-3-5-7;1-2-3-4-5-6;2*1-2-3-7-4(5)6;1-3-2/h4-7,9-12H,8H2,1-3H3,(H,26,29)(H,27,30)(H,28,31);2-5,7H2,1H3,(H,8,9);2-6H2,1H3;2*2-3H2,1H3,(H4,5,6,7);1H,2H3/b17-7-,25-4?;;;;;. The first-order valence-corrected chi connectivity index (χ1v) is 21.3. The van der Waals surface area contributed by atoms with Crippen LogP contribution in [0.3, 0.4) is 0 Å². The highest BCUT2D eigenvalue weighted by Gasteiger charge is 2.13. The summed E-state index contributed by atoms with van der Waals surface area (Å²) in [4.78, 5) is 57.8. The van der Waals surface area contributed by atoms with Crippen LogP contribution in [0, 0.1) is 26.2 Å². The number of carbonyl (C=O) groups is 4. The van der Waals surface area contributed by atoms with E-state index in [0.29, 0.717) is 52.0 Å². The number of carbonyl (C=O) groups excluding carboxylic acids is 4. The lowest BCUT2D eigenvalue weighted by atomic mass is 10.1. The Hall–Kier alpha value is -5.67. The number of terminal acetylenes is 1. The average Bonchev–Trinajstić information content (AvgIpc) is 3.24. The summed E-state index contributed by atoms with van der Waals surface area (Å²) in [5.74, 6) is 1.87. The van der Waals surface area contributed by atoms with Crippen LogP contribution < -0.4 is 55.7 Å². The number of hydrogen-bond acceptors (Lipinski definition) is 9. The van der Waals surface area contributed by atoms with E-state index in [-0.39, 0.29) is 35.9 Å². The first-order valence-electron chi connectivity index (χ1n) is 20.6. The maximum Gasteiger partial charge on any atom is 0.273 e. The molecule has 0 heterocycles. The van der Waals surface area contributed by atoms with Crippen LogP contribution in [0.2, 0.25) is 10.0 Å². The zero-order valence-corrected chi connectivity index (χ0v) is 40.1. The molecule has 0 aliphatic heterocycles. The molecule has 0 saturated heterocycles. The van der Waals surface area contributed by atoms with E-state index in [1.165, 1.54) is 31.6 Å². The van der Waals surface area contributed by atoms with Crippen LogP contribution in [0.15, 0.2) is 57.1 Å². The Balaban J connectivity index is -0.000000438. The molecule has 16 N–H and O–H groups in total. The molecule has 0 atom stereocenters. The Morgan fingerprint density at radius 3 is 1.73 bits per heavy atom. The summed E-state index contributed by atoms with van der Waals surface area (Å²) < 4.78 is 0. The van der Waals surface area contributed by atoms with Gasteiger partial charge >= 0.3 is 0 Å². The fourth-order valence-corrected chi connectivity index (χ4v) is 4.49. The molecule has 0 bridgehead atoms. The van der Waals surface area contributed by atoms with Crippen molar-refractivity contribution < 1.29 is 19.2 Å². The molecule has 0 radical (unpaired) electrons. The molecule has 0 spiro atoms. The molecule has 4 amide bonds. The van der Waals surface area contributed by atoms with Crippen molar-refractivity contribution in [3.63, 3.8) is 0 Å². The Bertz CT molecular complexity index is 1710. The molecule has 2 rings (SSSR count). The number of guanidine groups is 2. The predicted molar refractivity (Wildman–Crippen MR) is 268 cm³/mol. The molecule has 0 saturated carbocycles. The van der Waals surface area contributed by atoms with Gasteiger partial charge in [-0.1, -0.05) is 62.9 Å². The Labute approximate surface area is 386 Å². The lowest BCUT2D eigenvalue weighted by Gasteiger charge is -2.12. The molecule has 2 aromatic rings. The highest BCUT2D eigenvalue weighted by molar-refractivity contribution is 6.31. The minimum atomic E-state index is -0.465. The van der Waals surface area contributed by atoms with Gasteiger partial charge in [-0.3, -0.25) is 34.2 Å². The highest BCUT2D eigenvalue weighted by Crippen LogP contribution is 2.28. The summed E-state index contributed by atoms with van der Waals surface area (Å²) in [5, 5.41) is 11.4. The number of rotatable bonds is 19. The molecular weight excluding hydrogens is 845 g/mol. The molecule has 0 aromatic heterocycles. The number of nitrogens with one attached hydrogen (secondary N) is 4. The second-order valence-corrected chi connectivity index (χ2v) is 13.7. The van der Waals surface area contributed by atoms with Crippen molar-refractivity contribution in [2.45, 2.75) is 106 Å². The molecule has 0 unspecified atom stereocenters. The number of nitrogens with two attached hydrogens (primary N) is 6. The van der Waals surface area contributed by atoms with Gasteiger partial charge in [0.15, 0.2) is 11.9 Å². The van der Waals surface area contributed by atoms with Crippen molar-refractivity contribution in [2.24, 2.45) is 49.4 Å². The summed E-state index contributed by atoms with van der Waals surface area (Å²) in [7, 11) is 1.64. The maximum atomic E-state index is 12.6. The van der Waals surface area contributed by atoms with Gasteiger partial charge < -0.3 is 55.7 Å². The first-order chi connectivity index (χ1) is 29.9. The fraction of sp³-hybridized carbons (Fsp3) is 0.477. The van der Waals surface area contributed by atoms with Crippen molar-refractivity contribution in [3.8, 4) is 12.3 Å². The average molecular weight is 921 g/mol. The number of aliphatic imine (C=N–C) groups is 3. The number of nitrogens with zero attached hydrogens (tertiary/aromatic N) is 3. The van der Waals surface area contributed by atoms with Gasteiger partial charge in [0, 0.05) is 66.3 Å². The number of amides is 4. The van der Waals surface area contributed by atoms with Crippen LogP contribution in [0.1, 0.15) is 104 Å². The molecule has 19 heteroatoms. The van der Waals surface area contributed by atoms with Gasteiger partial charge in [0.25, 0.3) is 5.91 Å². The van der Waals surface area contributed by atoms with E-state index in [4.69, 9.17) is 57.6 Å². The van der Waals surface area contributed by atoms with Gasteiger partial charge in [-0.15, -0.1) is 12.3 Å². The molecule has 2 aromatic carbocycles. The third-order valence-electron chi connectivity index (χ3n) is 7.27. The van der Waals surface area contributed by atoms with Gasteiger partial charge in [-0.2, -0.15) is 0 Å². The van der Waals surface area contributed by atoms with Crippen molar-refractivity contribution >= 4 is 82.5 Å². The molecule has 0 fully saturated rings. The largest absolute Gasteiger partial charge is 0.370 e. The van der Waals surface area contributed by atoms with Crippen molar-refractivity contribution in [3.05, 3.63) is 63.3 Å². The van der Waals surface area contributed by atoms with E-state index in [1.807, 2.05) is 20.8 Å². The van der Waals surface area contributed by atoms with Gasteiger partial charge in [-0.05, 0) is 114 Å². The Kier molecular flexibility index (Phi) is 45.1. The third kappa shape index (κ3) is 40.2. The summed E-state index contributed by atoms with van der Waals surface area (Å²) in [6, 6.07) is 8.32. The van der Waals surface area contributed by atoms with Gasteiger partial charge in [0.2, 0.25) is 18.2 Å². The number of unbranched alkanes of at least 4 members (excludes halogenated alkanes) is 3. The van der Waals surface area contributed by atoms with Gasteiger partial charge in [-0.25, -0.2) is 0 Å². The third-order valence-corrected chi connectivity index (χ3v) is 7.72. The second kappa shape index (κ2) is 44.4. The number of anilines is 3. The van der Waals surface area contributed by atoms with E-state index in [9.17, 15) is 19.2 Å². The van der Waals surface area contributed by atoms with Crippen LogP contribution in [-0.2, 0) is 19.2 Å². The number of hydrogen-bond donors (Lipinski definition) is 10. The quantitative estimate of drug-likeness (QED) is 0.0193. The number of benzene rings is 2. The van der Waals surface area contributed by atoms with Crippen LogP contribution in [-0.4, -0.2) is 75.5 Å². The topological polar surface area (TPSA) is 310 Å². The lowest BCUT2D eigenvalue weighted by molar-refractivity contribution is -0.120. The summed E-state index contributed by atoms with van der Waals surface area (Å²) in [6.45, 7) is 16.1. The molecule has 354 valence electrons. The smallest absolute Gasteiger partial charge is 0.273 e. The zero-order chi connectivity index (χ0) is 49.0. The van der Waals surface area contributed by atoms with E-state index in [1.54, 1.807) is 58.2 Å². The molecule has 0 aliphatic carbocycles. The molecule has 17 nitrogen and oxygen atoms in total.